The molecule has 4 nitrogen and oxygen atoms in total. The number of hydrogen-bond donors (Lipinski definition) is 2. The molecule has 1 aromatic heterocycles. The van der Waals surface area contributed by atoms with Gasteiger partial charge in [0.1, 0.15) is 11.6 Å². The van der Waals surface area contributed by atoms with Crippen LogP contribution < -0.4 is 10.6 Å². The van der Waals surface area contributed by atoms with Crippen LogP contribution in [0, 0.1) is 5.82 Å². The first kappa shape index (κ1) is 18.6. The Hall–Kier alpha value is -3.21. The Morgan fingerprint density at radius 1 is 1.04 bits per heavy atom. The number of pyridine rings is 1. The molecule has 1 amide bonds. The highest BCUT2D eigenvalue weighted by Gasteiger charge is 2.06. The van der Waals surface area contributed by atoms with E-state index in [-0.39, 0.29) is 18.1 Å². The maximum Gasteiger partial charge on any atom is 0.228 e. The van der Waals surface area contributed by atoms with Crippen LogP contribution >= 0.6 is 0 Å². The molecule has 5 heteroatoms. The highest BCUT2D eigenvalue weighted by atomic mass is 19.1. The van der Waals surface area contributed by atoms with E-state index < -0.39 is 0 Å². The summed E-state index contributed by atoms with van der Waals surface area (Å²) in [4.78, 5) is 16.4. The SMILES string of the molecule is CC(C)c1ccc(Nc2ccc(NC(=O)Cc3cccc(F)c3)cn2)cc1. The Kier molecular flexibility index (Phi) is 5.81. The van der Waals surface area contributed by atoms with Crippen molar-refractivity contribution in [3.8, 4) is 0 Å². The number of anilines is 3. The van der Waals surface area contributed by atoms with E-state index in [9.17, 15) is 9.18 Å². The number of aromatic nitrogens is 1. The third-order valence-corrected chi connectivity index (χ3v) is 4.15. The Morgan fingerprint density at radius 2 is 1.78 bits per heavy atom. The third-order valence-electron chi connectivity index (χ3n) is 4.15. The van der Waals surface area contributed by atoms with Gasteiger partial charge in [0, 0.05) is 5.69 Å². The number of benzene rings is 2. The molecule has 138 valence electrons. The van der Waals surface area contributed by atoms with Crippen LogP contribution in [0.2, 0.25) is 0 Å². The number of carbonyl (C=O) groups excluding carboxylic acids is 1. The van der Waals surface area contributed by atoms with Crippen molar-refractivity contribution < 1.29 is 9.18 Å². The fraction of sp³-hybridized carbons (Fsp3) is 0.182. The molecule has 0 bridgehead atoms. The fourth-order valence-corrected chi connectivity index (χ4v) is 2.68. The molecule has 0 fully saturated rings. The van der Waals surface area contributed by atoms with E-state index >= 15 is 0 Å². The van der Waals surface area contributed by atoms with Crippen LogP contribution in [-0.2, 0) is 11.2 Å². The summed E-state index contributed by atoms with van der Waals surface area (Å²) in [5.74, 6) is 0.620. The Morgan fingerprint density at radius 3 is 2.41 bits per heavy atom. The Balaban J connectivity index is 1.57. The van der Waals surface area contributed by atoms with Crippen molar-refractivity contribution >= 4 is 23.1 Å². The Bertz CT molecular complexity index is 906. The van der Waals surface area contributed by atoms with Crippen molar-refractivity contribution in [2.24, 2.45) is 0 Å². The first-order chi connectivity index (χ1) is 13.0. The average Bonchev–Trinajstić information content (AvgIpc) is 2.64. The minimum atomic E-state index is -0.348. The van der Waals surface area contributed by atoms with E-state index in [0.717, 1.165) is 5.69 Å². The van der Waals surface area contributed by atoms with Gasteiger partial charge in [-0.2, -0.15) is 0 Å². The predicted molar refractivity (Wildman–Crippen MR) is 107 cm³/mol. The van der Waals surface area contributed by atoms with Crippen LogP contribution in [0.1, 0.15) is 30.9 Å². The summed E-state index contributed by atoms with van der Waals surface area (Å²) in [5.41, 5.74) is 3.46. The van der Waals surface area contributed by atoms with E-state index in [4.69, 9.17) is 0 Å². The highest BCUT2D eigenvalue weighted by Crippen LogP contribution is 2.20. The maximum absolute atomic E-state index is 13.2. The zero-order valence-electron chi connectivity index (χ0n) is 15.4. The van der Waals surface area contributed by atoms with Crippen LogP contribution in [0.25, 0.3) is 0 Å². The van der Waals surface area contributed by atoms with E-state index in [1.54, 1.807) is 30.5 Å². The van der Waals surface area contributed by atoms with Gasteiger partial charge < -0.3 is 10.6 Å². The van der Waals surface area contributed by atoms with Crippen LogP contribution in [0.3, 0.4) is 0 Å². The van der Waals surface area contributed by atoms with E-state index in [1.165, 1.54) is 17.7 Å². The van der Waals surface area contributed by atoms with Gasteiger partial charge in [-0.05, 0) is 53.4 Å². The molecule has 27 heavy (non-hydrogen) atoms. The second-order valence-electron chi connectivity index (χ2n) is 6.69. The molecule has 3 rings (SSSR count). The zero-order chi connectivity index (χ0) is 19.2. The second kappa shape index (κ2) is 8.45. The molecule has 0 unspecified atom stereocenters. The summed E-state index contributed by atoms with van der Waals surface area (Å²) >= 11 is 0. The molecule has 0 aliphatic heterocycles. The number of rotatable bonds is 6. The van der Waals surface area contributed by atoms with Crippen molar-refractivity contribution in [3.63, 3.8) is 0 Å². The minimum absolute atomic E-state index is 0.111. The lowest BCUT2D eigenvalue weighted by Crippen LogP contribution is -2.14. The number of carbonyl (C=O) groups is 1. The van der Waals surface area contributed by atoms with Crippen molar-refractivity contribution in [2.45, 2.75) is 26.2 Å². The van der Waals surface area contributed by atoms with Crippen molar-refractivity contribution in [1.29, 1.82) is 0 Å². The monoisotopic (exact) mass is 363 g/mol. The number of nitrogens with zero attached hydrogens (tertiary/aromatic N) is 1. The van der Waals surface area contributed by atoms with Gasteiger partial charge in [-0.1, -0.05) is 38.1 Å². The van der Waals surface area contributed by atoms with Crippen molar-refractivity contribution in [1.82, 2.24) is 4.98 Å². The summed E-state index contributed by atoms with van der Waals surface area (Å²) in [7, 11) is 0. The molecule has 0 aliphatic carbocycles. The lowest BCUT2D eigenvalue weighted by molar-refractivity contribution is -0.115. The average molecular weight is 363 g/mol. The largest absolute Gasteiger partial charge is 0.340 e. The van der Waals surface area contributed by atoms with Gasteiger partial charge in [0.2, 0.25) is 5.91 Å². The van der Waals surface area contributed by atoms with Gasteiger partial charge >= 0.3 is 0 Å². The zero-order valence-corrected chi connectivity index (χ0v) is 15.4. The van der Waals surface area contributed by atoms with Gasteiger partial charge in [-0.15, -0.1) is 0 Å². The first-order valence-electron chi connectivity index (χ1n) is 8.87. The molecular formula is C22H22FN3O. The van der Waals surface area contributed by atoms with E-state index in [2.05, 4.69) is 41.6 Å². The summed E-state index contributed by atoms with van der Waals surface area (Å²) in [6.07, 6.45) is 1.70. The summed E-state index contributed by atoms with van der Waals surface area (Å²) < 4.78 is 13.2. The summed E-state index contributed by atoms with van der Waals surface area (Å²) in [5, 5.41) is 6.00. The lowest BCUT2D eigenvalue weighted by atomic mass is 10.0. The number of nitrogens with one attached hydrogen (secondary N) is 2. The van der Waals surface area contributed by atoms with Crippen LogP contribution in [0.4, 0.5) is 21.6 Å². The second-order valence-corrected chi connectivity index (χ2v) is 6.69. The molecule has 0 saturated heterocycles. The quantitative estimate of drug-likeness (QED) is 0.627. The molecule has 2 aromatic carbocycles. The van der Waals surface area contributed by atoms with Gasteiger partial charge in [0.05, 0.1) is 18.3 Å². The molecule has 0 radical (unpaired) electrons. The van der Waals surface area contributed by atoms with Gasteiger partial charge in [0.25, 0.3) is 0 Å². The predicted octanol–water partition coefficient (Wildman–Crippen LogP) is 5.27. The van der Waals surface area contributed by atoms with Gasteiger partial charge in [-0.25, -0.2) is 9.37 Å². The lowest BCUT2D eigenvalue weighted by Gasteiger charge is -2.10. The molecule has 0 atom stereocenters. The molecule has 0 saturated carbocycles. The molecular weight excluding hydrogens is 341 g/mol. The summed E-state index contributed by atoms with van der Waals surface area (Å²) in [6.45, 7) is 4.32. The van der Waals surface area contributed by atoms with Gasteiger partial charge in [-0.3, -0.25) is 4.79 Å². The standard InChI is InChI=1S/C22H22FN3O/c1-15(2)17-6-8-19(9-7-17)25-21-11-10-20(14-24-21)26-22(27)13-16-4-3-5-18(23)12-16/h3-12,14-15H,13H2,1-2H3,(H,24,25)(H,26,27). The fourth-order valence-electron chi connectivity index (χ4n) is 2.68. The molecule has 0 spiro atoms. The first-order valence-corrected chi connectivity index (χ1v) is 8.87. The van der Waals surface area contributed by atoms with Crippen LogP contribution in [0.15, 0.2) is 66.9 Å². The van der Waals surface area contributed by atoms with E-state index in [1.807, 2.05) is 12.1 Å². The number of hydrogen-bond acceptors (Lipinski definition) is 3. The molecule has 3 aromatic rings. The topological polar surface area (TPSA) is 54.0 Å². The van der Waals surface area contributed by atoms with Crippen LogP contribution in [-0.4, -0.2) is 10.9 Å². The normalized spacial score (nSPS) is 10.7. The Labute approximate surface area is 158 Å². The summed E-state index contributed by atoms with van der Waals surface area (Å²) in [6, 6.07) is 17.8. The van der Waals surface area contributed by atoms with Crippen LogP contribution in [0.5, 0.6) is 0 Å². The van der Waals surface area contributed by atoms with Crippen molar-refractivity contribution in [3.05, 3.63) is 83.8 Å². The highest BCUT2D eigenvalue weighted by molar-refractivity contribution is 5.92. The number of amides is 1. The molecule has 1 heterocycles. The number of halogens is 1. The van der Waals surface area contributed by atoms with E-state index in [0.29, 0.717) is 23.0 Å². The smallest absolute Gasteiger partial charge is 0.228 e. The van der Waals surface area contributed by atoms with Gasteiger partial charge in [0.15, 0.2) is 0 Å². The molecule has 2 N–H and O–H groups in total. The maximum atomic E-state index is 13.2. The third kappa shape index (κ3) is 5.38. The van der Waals surface area contributed by atoms with Crippen molar-refractivity contribution in [2.75, 3.05) is 10.6 Å². The molecule has 0 aliphatic rings. The minimum Gasteiger partial charge on any atom is -0.340 e.